The third kappa shape index (κ3) is 4.34. The van der Waals surface area contributed by atoms with Gasteiger partial charge in [0.15, 0.2) is 24.0 Å². The maximum atomic E-state index is 11.2. The van der Waals surface area contributed by atoms with Gasteiger partial charge in [-0.05, 0) is 29.8 Å². The van der Waals surface area contributed by atoms with E-state index >= 15 is 0 Å². The van der Waals surface area contributed by atoms with Gasteiger partial charge in [-0.1, -0.05) is 59.6 Å². The Kier molecular flexibility index (Phi) is 6.50. The zero-order chi connectivity index (χ0) is 25.2. The van der Waals surface area contributed by atoms with Crippen molar-refractivity contribution in [3.05, 3.63) is 93.4 Å². The number of nitrogens with zero attached hydrogens (tertiary/aromatic N) is 3. The van der Waals surface area contributed by atoms with E-state index in [4.69, 9.17) is 27.9 Å². The van der Waals surface area contributed by atoms with E-state index in [-0.39, 0.29) is 11.7 Å². The molecule has 0 aliphatic rings. The van der Waals surface area contributed by atoms with Crippen molar-refractivity contribution in [1.29, 1.82) is 0 Å². The number of hydrogen-bond donors (Lipinski definition) is 1. The highest BCUT2D eigenvalue weighted by atomic mass is 35.5. The van der Waals surface area contributed by atoms with Gasteiger partial charge in [0.05, 0.1) is 33.9 Å². The largest absolute Gasteiger partial charge is 0.480 e. The summed E-state index contributed by atoms with van der Waals surface area (Å²) in [6.07, 6.45) is 1.82. The number of hydrogen-bond acceptors (Lipinski definition) is 6. The Morgan fingerprint density at radius 1 is 0.833 bits per heavy atom. The minimum absolute atomic E-state index is 0.227. The lowest BCUT2D eigenvalue weighted by Gasteiger charge is -2.14. The van der Waals surface area contributed by atoms with Gasteiger partial charge in [-0.25, -0.2) is 15.0 Å². The second-order valence-corrected chi connectivity index (χ2v) is 8.70. The quantitative estimate of drug-likeness (QED) is 0.258. The monoisotopic (exact) mass is 516 g/mol. The number of methoxy groups -OCH3 is 1. The van der Waals surface area contributed by atoms with E-state index in [1.54, 1.807) is 12.1 Å². The van der Waals surface area contributed by atoms with Gasteiger partial charge in [0, 0.05) is 28.8 Å². The lowest BCUT2D eigenvalue weighted by atomic mass is 9.97. The summed E-state index contributed by atoms with van der Waals surface area (Å²) < 4.78 is 5.24. The van der Waals surface area contributed by atoms with Crippen LogP contribution in [0.3, 0.4) is 0 Å². The standard InChI is InChI=1S/C27H18Cl2N4O3/c1-36-27-16(13-34)8-10-21(32-27)20-7-3-6-19(25(20)29)18-5-2-4-15(24(18)28)12-17-9-11-22-26(30-17)33-23(14-35)31-22/h2-11,13-14H,12H2,1H3,(H,30,31,33). The first-order valence-electron chi connectivity index (χ1n) is 10.9. The number of fused-ring (bicyclic) bond motifs is 1. The number of carbonyl (C=O) groups excluding carboxylic acids is 2. The first-order valence-corrected chi connectivity index (χ1v) is 11.7. The third-order valence-corrected chi connectivity index (χ3v) is 6.61. The highest BCUT2D eigenvalue weighted by Crippen LogP contribution is 2.40. The Morgan fingerprint density at radius 2 is 1.58 bits per heavy atom. The number of H-pyrrole nitrogens is 1. The summed E-state index contributed by atoms with van der Waals surface area (Å²) >= 11 is 13.7. The van der Waals surface area contributed by atoms with Gasteiger partial charge in [-0.15, -0.1) is 0 Å². The molecule has 9 heteroatoms. The first-order chi connectivity index (χ1) is 17.5. The number of aldehydes is 2. The van der Waals surface area contributed by atoms with E-state index in [1.807, 2.05) is 48.5 Å². The number of aromatic nitrogens is 4. The SMILES string of the molecule is COc1nc(-c2cccc(-c3cccc(Cc4ccc5[nH]c(C=O)nc5n4)c3Cl)c2Cl)ccc1C=O. The van der Waals surface area contributed by atoms with Crippen molar-refractivity contribution >= 4 is 46.9 Å². The predicted octanol–water partition coefficient (Wildman–Crippen LogP) is 6.22. The van der Waals surface area contributed by atoms with Crippen LogP contribution in [0.2, 0.25) is 10.0 Å². The molecule has 1 N–H and O–H groups in total. The molecule has 0 radical (unpaired) electrons. The lowest BCUT2D eigenvalue weighted by Crippen LogP contribution is -1.97. The molecular formula is C27H18Cl2N4O3. The molecule has 0 saturated carbocycles. The highest BCUT2D eigenvalue weighted by molar-refractivity contribution is 6.38. The Hall–Kier alpha value is -4.07. The Bertz CT molecular complexity index is 1630. The van der Waals surface area contributed by atoms with Gasteiger partial charge in [-0.2, -0.15) is 0 Å². The Labute approximate surface area is 216 Å². The van der Waals surface area contributed by atoms with Crippen LogP contribution in [0.5, 0.6) is 5.88 Å². The summed E-state index contributed by atoms with van der Waals surface area (Å²) in [7, 11) is 1.46. The number of ether oxygens (including phenoxy) is 1. The van der Waals surface area contributed by atoms with Crippen LogP contribution in [0.25, 0.3) is 33.5 Å². The fourth-order valence-electron chi connectivity index (χ4n) is 4.02. The van der Waals surface area contributed by atoms with Crippen molar-refractivity contribution in [2.24, 2.45) is 0 Å². The van der Waals surface area contributed by atoms with Crippen molar-refractivity contribution in [2.45, 2.75) is 6.42 Å². The highest BCUT2D eigenvalue weighted by Gasteiger charge is 2.17. The molecule has 3 aromatic heterocycles. The van der Waals surface area contributed by atoms with Gasteiger partial charge < -0.3 is 9.72 Å². The fraction of sp³-hybridized carbons (Fsp3) is 0.0741. The third-order valence-electron chi connectivity index (χ3n) is 5.76. The van der Waals surface area contributed by atoms with Crippen LogP contribution in [0, 0.1) is 0 Å². The lowest BCUT2D eigenvalue weighted by molar-refractivity contribution is 0.111. The van der Waals surface area contributed by atoms with E-state index in [0.29, 0.717) is 57.0 Å². The molecule has 0 saturated heterocycles. The zero-order valence-electron chi connectivity index (χ0n) is 19.0. The maximum absolute atomic E-state index is 11.2. The van der Waals surface area contributed by atoms with Crippen LogP contribution in [-0.2, 0) is 6.42 Å². The van der Waals surface area contributed by atoms with E-state index in [9.17, 15) is 9.59 Å². The fourth-order valence-corrected chi connectivity index (χ4v) is 4.64. The average Bonchev–Trinajstić information content (AvgIpc) is 3.32. The zero-order valence-corrected chi connectivity index (χ0v) is 20.5. The minimum atomic E-state index is 0.227. The summed E-state index contributed by atoms with van der Waals surface area (Å²) in [5.41, 5.74) is 5.91. The molecule has 5 rings (SSSR count). The molecule has 0 aliphatic heterocycles. The molecular weight excluding hydrogens is 499 g/mol. The smallest absolute Gasteiger partial charge is 0.224 e. The number of imidazole rings is 1. The number of pyridine rings is 2. The van der Waals surface area contributed by atoms with E-state index < -0.39 is 0 Å². The molecule has 2 aromatic carbocycles. The summed E-state index contributed by atoms with van der Waals surface area (Å²) in [5, 5.41) is 1.03. The van der Waals surface area contributed by atoms with Crippen LogP contribution < -0.4 is 4.74 Å². The normalized spacial score (nSPS) is 11.0. The number of rotatable bonds is 7. The van der Waals surface area contributed by atoms with Crippen molar-refractivity contribution < 1.29 is 14.3 Å². The van der Waals surface area contributed by atoms with Crippen LogP contribution in [0.15, 0.2) is 60.7 Å². The Morgan fingerprint density at radius 3 is 2.33 bits per heavy atom. The minimum Gasteiger partial charge on any atom is -0.480 e. The predicted molar refractivity (Wildman–Crippen MR) is 139 cm³/mol. The summed E-state index contributed by atoms with van der Waals surface area (Å²) in [5.74, 6) is 0.461. The van der Waals surface area contributed by atoms with E-state index in [1.165, 1.54) is 7.11 Å². The number of nitrogens with one attached hydrogen (secondary N) is 1. The molecule has 0 atom stereocenters. The molecule has 0 bridgehead atoms. The summed E-state index contributed by atoms with van der Waals surface area (Å²) in [6, 6.07) is 18.4. The van der Waals surface area contributed by atoms with Gasteiger partial charge in [0.2, 0.25) is 5.88 Å². The van der Waals surface area contributed by atoms with Gasteiger partial charge in [-0.3, -0.25) is 9.59 Å². The van der Waals surface area contributed by atoms with E-state index in [2.05, 4.69) is 19.9 Å². The van der Waals surface area contributed by atoms with Crippen LogP contribution in [0.1, 0.15) is 32.2 Å². The first kappa shape index (κ1) is 23.7. The van der Waals surface area contributed by atoms with Gasteiger partial charge in [0.25, 0.3) is 0 Å². The molecule has 36 heavy (non-hydrogen) atoms. The van der Waals surface area contributed by atoms with Crippen molar-refractivity contribution in [1.82, 2.24) is 19.9 Å². The van der Waals surface area contributed by atoms with Crippen LogP contribution in [-0.4, -0.2) is 39.6 Å². The Balaban J connectivity index is 1.52. The molecule has 178 valence electrons. The van der Waals surface area contributed by atoms with Gasteiger partial charge >= 0.3 is 0 Å². The number of carbonyl (C=O) groups is 2. The van der Waals surface area contributed by atoms with Crippen molar-refractivity contribution in [3.63, 3.8) is 0 Å². The number of benzene rings is 2. The number of halogens is 2. The average molecular weight is 517 g/mol. The van der Waals surface area contributed by atoms with Crippen molar-refractivity contribution in [3.8, 4) is 28.3 Å². The van der Waals surface area contributed by atoms with Crippen LogP contribution >= 0.6 is 23.2 Å². The molecule has 3 heterocycles. The molecule has 0 unspecified atom stereocenters. The molecule has 0 spiro atoms. The molecule has 5 aromatic rings. The topological polar surface area (TPSA) is 97.8 Å². The second-order valence-electron chi connectivity index (χ2n) is 7.95. The molecule has 0 amide bonds. The van der Waals surface area contributed by atoms with Gasteiger partial charge in [0.1, 0.15) is 0 Å². The second kappa shape index (κ2) is 9.89. The molecule has 0 aliphatic carbocycles. The maximum Gasteiger partial charge on any atom is 0.224 e. The molecule has 7 nitrogen and oxygen atoms in total. The number of aromatic amines is 1. The summed E-state index contributed by atoms with van der Waals surface area (Å²) in [4.78, 5) is 38.3. The molecule has 0 fully saturated rings. The van der Waals surface area contributed by atoms with Crippen molar-refractivity contribution in [2.75, 3.05) is 7.11 Å². The summed E-state index contributed by atoms with van der Waals surface area (Å²) in [6.45, 7) is 0. The van der Waals surface area contributed by atoms with Crippen LogP contribution in [0.4, 0.5) is 0 Å². The van der Waals surface area contributed by atoms with E-state index in [0.717, 1.165) is 22.4 Å².